The molecular weight excluding hydrogens is 388 g/mol. The SMILES string of the molecule is COCO[C@H]1[C@H]2CC/C(C)=C\CC/C(C)=C\CC[C@@](C)(C=C2CCl)[C@H]1OCOC. The topological polar surface area (TPSA) is 36.9 Å². The van der Waals surface area contributed by atoms with Gasteiger partial charge in [0, 0.05) is 31.4 Å². The number of rotatable bonds is 7. The third-order valence-electron chi connectivity index (χ3n) is 6.29. The molecule has 0 aromatic carbocycles. The van der Waals surface area contributed by atoms with E-state index in [-0.39, 0.29) is 37.1 Å². The highest BCUT2D eigenvalue weighted by atomic mass is 35.5. The van der Waals surface area contributed by atoms with E-state index < -0.39 is 0 Å². The van der Waals surface area contributed by atoms with Crippen LogP contribution in [0, 0.1) is 11.3 Å². The molecule has 2 bridgehead atoms. The molecule has 0 aliphatic heterocycles. The Morgan fingerprint density at radius 1 is 1.00 bits per heavy atom. The van der Waals surface area contributed by atoms with Crippen LogP contribution in [0.3, 0.4) is 0 Å². The largest absolute Gasteiger partial charge is 0.359 e. The summed E-state index contributed by atoms with van der Waals surface area (Å²) in [7, 11) is 3.32. The van der Waals surface area contributed by atoms with Crippen LogP contribution in [-0.2, 0) is 18.9 Å². The maximum atomic E-state index is 6.45. The van der Waals surface area contributed by atoms with E-state index in [9.17, 15) is 0 Å². The Kier molecular flexibility index (Phi) is 10.4. The highest BCUT2D eigenvalue weighted by Gasteiger charge is 2.47. The first kappa shape index (κ1) is 24.6. The van der Waals surface area contributed by atoms with Crippen LogP contribution >= 0.6 is 11.6 Å². The molecule has 0 radical (unpaired) electrons. The van der Waals surface area contributed by atoms with Crippen molar-refractivity contribution in [3.63, 3.8) is 0 Å². The zero-order chi connectivity index (χ0) is 21.3. The molecule has 0 saturated heterocycles. The van der Waals surface area contributed by atoms with Crippen LogP contribution in [0.25, 0.3) is 0 Å². The van der Waals surface area contributed by atoms with Gasteiger partial charge in [-0.05, 0) is 52.4 Å². The molecule has 4 nitrogen and oxygen atoms in total. The van der Waals surface area contributed by atoms with Crippen molar-refractivity contribution in [3.8, 4) is 0 Å². The third kappa shape index (κ3) is 6.93. The molecule has 0 saturated carbocycles. The Labute approximate surface area is 182 Å². The van der Waals surface area contributed by atoms with Crippen molar-refractivity contribution in [2.75, 3.05) is 33.7 Å². The van der Waals surface area contributed by atoms with E-state index in [0.29, 0.717) is 5.88 Å². The molecule has 0 aromatic rings. The fourth-order valence-corrected chi connectivity index (χ4v) is 4.93. The van der Waals surface area contributed by atoms with Gasteiger partial charge in [-0.1, -0.05) is 41.9 Å². The van der Waals surface area contributed by atoms with E-state index in [1.54, 1.807) is 14.2 Å². The number of halogens is 1. The Morgan fingerprint density at radius 3 is 2.34 bits per heavy atom. The first-order chi connectivity index (χ1) is 13.9. The number of hydrogen-bond acceptors (Lipinski definition) is 4. The van der Waals surface area contributed by atoms with E-state index in [0.717, 1.165) is 38.5 Å². The van der Waals surface area contributed by atoms with Gasteiger partial charge in [0.15, 0.2) is 0 Å². The van der Waals surface area contributed by atoms with E-state index in [2.05, 4.69) is 39.0 Å². The Hall–Kier alpha value is -0.650. The van der Waals surface area contributed by atoms with Crippen LogP contribution in [-0.4, -0.2) is 45.9 Å². The van der Waals surface area contributed by atoms with Crippen molar-refractivity contribution >= 4 is 11.6 Å². The van der Waals surface area contributed by atoms with Crippen LogP contribution < -0.4 is 0 Å². The minimum absolute atomic E-state index is 0.115. The van der Waals surface area contributed by atoms with Crippen LogP contribution in [0.4, 0.5) is 0 Å². The lowest BCUT2D eigenvalue weighted by molar-refractivity contribution is -0.199. The normalized spacial score (nSPS) is 35.2. The Morgan fingerprint density at radius 2 is 1.66 bits per heavy atom. The lowest BCUT2D eigenvalue weighted by Gasteiger charge is -2.47. The molecular formula is C24H39ClO4. The summed E-state index contributed by atoms with van der Waals surface area (Å²) in [5.41, 5.74) is 3.96. The molecule has 0 unspecified atom stereocenters. The lowest BCUT2D eigenvalue weighted by atomic mass is 9.66. The van der Waals surface area contributed by atoms with Gasteiger partial charge in [0.25, 0.3) is 0 Å². The first-order valence-corrected chi connectivity index (χ1v) is 11.3. The van der Waals surface area contributed by atoms with E-state index in [1.807, 2.05) is 0 Å². The highest BCUT2D eigenvalue weighted by Crippen LogP contribution is 2.46. The molecule has 0 N–H and O–H groups in total. The summed E-state index contributed by atoms with van der Waals surface area (Å²) < 4.78 is 23.1. The van der Waals surface area contributed by atoms with Crippen molar-refractivity contribution in [3.05, 3.63) is 34.9 Å². The summed E-state index contributed by atoms with van der Waals surface area (Å²) in [6.45, 7) is 7.22. The van der Waals surface area contributed by atoms with Gasteiger partial charge in [-0.2, -0.15) is 0 Å². The van der Waals surface area contributed by atoms with Crippen molar-refractivity contribution in [1.29, 1.82) is 0 Å². The Bertz CT molecular complexity index is 598. The Balaban J connectivity index is 2.46. The van der Waals surface area contributed by atoms with Gasteiger partial charge in [-0.25, -0.2) is 0 Å². The van der Waals surface area contributed by atoms with Gasteiger partial charge in [-0.15, -0.1) is 11.6 Å². The molecule has 5 heteroatoms. The van der Waals surface area contributed by atoms with Crippen LogP contribution in [0.1, 0.15) is 59.3 Å². The van der Waals surface area contributed by atoms with Gasteiger partial charge >= 0.3 is 0 Å². The van der Waals surface area contributed by atoms with Crippen molar-refractivity contribution in [2.45, 2.75) is 71.5 Å². The van der Waals surface area contributed by atoms with E-state index in [4.69, 9.17) is 30.5 Å². The molecule has 3 aliphatic rings. The van der Waals surface area contributed by atoms with E-state index in [1.165, 1.54) is 16.7 Å². The average molecular weight is 427 g/mol. The van der Waals surface area contributed by atoms with Gasteiger partial charge in [0.1, 0.15) is 13.6 Å². The standard InChI is InChI=1S/C24H39ClO4/c1-18-8-6-9-19(2)11-12-21-20(15-25)14-24(3,13-7-10-18)23(29-17-27-5)22(21)28-16-26-4/h9-10,14,21-23H,6-8,11-13,15-17H2,1-5H3/b18-10-,19-9-/t21-,22-,23-,24-/m0/s1. The molecule has 4 atom stereocenters. The second-order valence-corrected chi connectivity index (χ2v) is 8.98. The molecule has 0 amide bonds. The van der Waals surface area contributed by atoms with Gasteiger partial charge in [-0.3, -0.25) is 0 Å². The van der Waals surface area contributed by atoms with Gasteiger partial charge in [0.2, 0.25) is 0 Å². The van der Waals surface area contributed by atoms with Crippen LogP contribution in [0.2, 0.25) is 0 Å². The second-order valence-electron chi connectivity index (χ2n) is 8.71. The number of ether oxygens (including phenoxy) is 4. The maximum Gasteiger partial charge on any atom is 0.146 e. The lowest BCUT2D eigenvalue weighted by Crippen LogP contribution is -2.52. The maximum absolute atomic E-state index is 6.45. The monoisotopic (exact) mass is 426 g/mol. The minimum Gasteiger partial charge on any atom is -0.359 e. The zero-order valence-corrected chi connectivity index (χ0v) is 19.6. The fourth-order valence-electron chi connectivity index (χ4n) is 4.65. The summed E-state index contributed by atoms with van der Waals surface area (Å²) >= 11 is 6.45. The molecule has 0 heterocycles. The zero-order valence-electron chi connectivity index (χ0n) is 18.8. The summed E-state index contributed by atoms with van der Waals surface area (Å²) in [5, 5.41) is 0. The summed E-state index contributed by atoms with van der Waals surface area (Å²) in [6.07, 6.45) is 13.1. The number of hydrogen-bond donors (Lipinski definition) is 0. The van der Waals surface area contributed by atoms with Crippen LogP contribution in [0.5, 0.6) is 0 Å². The van der Waals surface area contributed by atoms with Crippen molar-refractivity contribution in [2.24, 2.45) is 11.3 Å². The molecule has 3 aliphatic carbocycles. The molecule has 0 aromatic heterocycles. The molecule has 0 spiro atoms. The molecule has 166 valence electrons. The summed E-state index contributed by atoms with van der Waals surface area (Å²) in [4.78, 5) is 0. The minimum atomic E-state index is -0.177. The number of methoxy groups -OCH3 is 2. The molecule has 0 fully saturated rings. The second kappa shape index (κ2) is 12.3. The predicted molar refractivity (Wildman–Crippen MR) is 119 cm³/mol. The van der Waals surface area contributed by atoms with Crippen LogP contribution in [0.15, 0.2) is 34.9 Å². The number of fused-ring (bicyclic) bond motifs is 8. The van der Waals surface area contributed by atoms with Crippen molar-refractivity contribution in [1.82, 2.24) is 0 Å². The van der Waals surface area contributed by atoms with Crippen molar-refractivity contribution < 1.29 is 18.9 Å². The average Bonchev–Trinajstić information content (AvgIpc) is 2.69. The summed E-state index contributed by atoms with van der Waals surface area (Å²) in [5.74, 6) is 0.725. The predicted octanol–water partition coefficient (Wildman–Crippen LogP) is 6.01. The molecule has 3 rings (SSSR count). The summed E-state index contributed by atoms with van der Waals surface area (Å²) in [6, 6.07) is 0. The molecule has 29 heavy (non-hydrogen) atoms. The van der Waals surface area contributed by atoms with Gasteiger partial charge in [0.05, 0.1) is 12.2 Å². The first-order valence-electron chi connectivity index (χ1n) is 10.7. The smallest absolute Gasteiger partial charge is 0.146 e. The number of alkyl halides is 1. The van der Waals surface area contributed by atoms with Gasteiger partial charge < -0.3 is 18.9 Å². The fraction of sp³-hybridized carbons (Fsp3) is 0.750. The third-order valence-corrected chi connectivity index (χ3v) is 6.60. The number of allylic oxidation sites excluding steroid dienone is 4. The van der Waals surface area contributed by atoms with E-state index >= 15 is 0 Å². The quantitative estimate of drug-likeness (QED) is 0.283. The highest BCUT2D eigenvalue weighted by molar-refractivity contribution is 6.19.